The van der Waals surface area contributed by atoms with E-state index < -0.39 is 21.0 Å². The Hall–Kier alpha value is -2.63. The average Bonchev–Trinajstić information content (AvgIpc) is 2.72. The Balaban J connectivity index is 1.93. The first-order valence-corrected chi connectivity index (χ1v) is 11.4. The summed E-state index contributed by atoms with van der Waals surface area (Å²) in [5.41, 5.74) is 3.48. The topological polar surface area (TPSA) is 81.7 Å². The molecule has 0 spiro atoms. The Kier molecular flexibility index (Phi) is 5.67. The van der Waals surface area contributed by atoms with Crippen LogP contribution in [-0.4, -0.2) is 14.1 Å². The normalized spacial score (nSPS) is 15.0. The lowest BCUT2D eigenvalue weighted by Gasteiger charge is -2.18. The second-order valence-corrected chi connectivity index (χ2v) is 9.45. The maximum atomic E-state index is 11.3. The second kappa shape index (κ2) is 8.25. The van der Waals surface area contributed by atoms with E-state index in [1.807, 2.05) is 67.5 Å². The molecule has 1 aliphatic rings. The van der Waals surface area contributed by atoms with Gasteiger partial charge < -0.3 is 4.90 Å². The molecule has 30 heavy (non-hydrogen) atoms. The van der Waals surface area contributed by atoms with Crippen LogP contribution in [0.1, 0.15) is 11.1 Å². The van der Waals surface area contributed by atoms with Crippen molar-refractivity contribution in [2.24, 2.45) is 0 Å². The number of fused-ring (bicyclic) bond motifs is 2. The van der Waals surface area contributed by atoms with Gasteiger partial charge in [-0.15, -0.1) is 0 Å². The van der Waals surface area contributed by atoms with Crippen molar-refractivity contribution in [3.63, 3.8) is 0 Å². The van der Waals surface area contributed by atoms with Gasteiger partial charge in [-0.3, -0.25) is 0 Å². The van der Waals surface area contributed by atoms with E-state index in [4.69, 9.17) is 3.74 Å². The number of hydrogen-bond acceptors (Lipinski definition) is 5. The summed E-state index contributed by atoms with van der Waals surface area (Å²) in [7, 11) is -1.97. The predicted octanol–water partition coefficient (Wildman–Crippen LogP) is 0.724. The minimum Gasteiger partial charge on any atom is -0.378 e. The Morgan fingerprint density at radius 1 is 0.833 bits per heavy atom. The fraction of sp³-hybridized carbons (Fsp3) is 0.0870. The van der Waals surface area contributed by atoms with E-state index in [1.54, 1.807) is 24.3 Å². The molecule has 1 unspecified atom stereocenters. The summed E-state index contributed by atoms with van der Waals surface area (Å²) in [6.07, 6.45) is 0. The van der Waals surface area contributed by atoms with Crippen LogP contribution in [0.2, 0.25) is 0 Å². The zero-order valence-electron chi connectivity index (χ0n) is 16.3. The lowest BCUT2D eigenvalue weighted by molar-refractivity contribution is -1.91. The predicted molar refractivity (Wildman–Crippen MR) is 108 cm³/mol. The quantitative estimate of drug-likeness (QED) is 0.444. The minimum atomic E-state index is -4.58. The molecule has 0 radical (unpaired) electrons. The van der Waals surface area contributed by atoms with Crippen LogP contribution in [0.5, 0.6) is 0 Å². The van der Waals surface area contributed by atoms with Gasteiger partial charge in [-0.2, -0.15) is 14.0 Å². The fourth-order valence-electron chi connectivity index (χ4n) is 3.19. The first-order valence-electron chi connectivity index (χ1n) is 9.04. The third-order valence-electron chi connectivity index (χ3n) is 4.57. The van der Waals surface area contributed by atoms with Crippen molar-refractivity contribution in [1.29, 1.82) is 0 Å². The third kappa shape index (κ3) is 4.27. The Bertz CT molecular complexity index is 1290. The van der Waals surface area contributed by atoms with Gasteiger partial charge in [0, 0.05) is 41.7 Å². The molecule has 0 saturated carbocycles. The van der Waals surface area contributed by atoms with E-state index in [-0.39, 0.29) is 0 Å². The van der Waals surface area contributed by atoms with Gasteiger partial charge in [0.2, 0.25) is 0 Å². The highest BCUT2D eigenvalue weighted by Crippen LogP contribution is 2.39. The molecular formula is C23H18ClNO4S. The van der Waals surface area contributed by atoms with E-state index >= 15 is 0 Å². The lowest BCUT2D eigenvalue weighted by Crippen LogP contribution is -2.60. The standard InChI is InChI=1S/C23H18ClNO4S/c1-25(2)18-14-11-17(12-15-18)13-16-19-20-7-3-5-9-22(20)30(29-24(26,27)28)23-10-6-4-8-21(19)23/h3-12,14-15H,1-2H3. The SMILES string of the molecule is CN(C)c1ccc(C#CC2=c3ccccc3=S(O[Cl+3]([O-])([O-])[O-])c3ccccc32)cc1. The number of rotatable bonds is 3. The molecule has 5 nitrogen and oxygen atoms in total. The van der Waals surface area contributed by atoms with Gasteiger partial charge in [0.1, 0.15) is 14.5 Å². The summed E-state index contributed by atoms with van der Waals surface area (Å²) >= 11 is 0. The maximum Gasteiger partial charge on any atom is 0.148 e. The number of nitrogens with zero attached hydrogens (tertiary/aromatic N) is 1. The zero-order valence-corrected chi connectivity index (χ0v) is 17.9. The third-order valence-corrected chi connectivity index (χ3v) is 7.20. The van der Waals surface area contributed by atoms with Crippen molar-refractivity contribution < 1.29 is 28.0 Å². The number of halogens is 1. The highest BCUT2D eigenvalue weighted by Gasteiger charge is 2.29. The largest absolute Gasteiger partial charge is 0.378 e. The maximum absolute atomic E-state index is 11.3. The lowest BCUT2D eigenvalue weighted by atomic mass is 10.0. The van der Waals surface area contributed by atoms with Crippen LogP contribution in [0, 0.1) is 26.6 Å². The molecule has 3 aromatic rings. The Morgan fingerprint density at radius 2 is 1.50 bits per heavy atom. The van der Waals surface area contributed by atoms with Gasteiger partial charge >= 0.3 is 0 Å². The van der Waals surface area contributed by atoms with Crippen molar-refractivity contribution >= 4 is 22.0 Å². The summed E-state index contributed by atoms with van der Waals surface area (Å²) < 4.78 is 39.6. The van der Waals surface area contributed by atoms with Crippen LogP contribution < -0.4 is 24.1 Å². The molecule has 0 aliphatic carbocycles. The smallest absolute Gasteiger partial charge is 0.148 e. The molecule has 3 aromatic carbocycles. The van der Waals surface area contributed by atoms with Crippen molar-refractivity contribution in [2.75, 3.05) is 19.0 Å². The molecule has 1 atom stereocenters. The number of benzene rings is 3. The van der Waals surface area contributed by atoms with Gasteiger partial charge in [0.05, 0.1) is 19.6 Å². The second-order valence-electron chi connectivity index (χ2n) is 6.77. The molecule has 0 aromatic heterocycles. The van der Waals surface area contributed by atoms with E-state index in [0.29, 0.717) is 9.41 Å². The summed E-state index contributed by atoms with van der Waals surface area (Å²) in [4.78, 5) is 2.64. The van der Waals surface area contributed by atoms with Crippen molar-refractivity contribution in [1.82, 2.24) is 0 Å². The molecule has 4 rings (SSSR count). The Morgan fingerprint density at radius 3 is 2.20 bits per heavy atom. The van der Waals surface area contributed by atoms with Crippen molar-refractivity contribution in [3.05, 3.63) is 93.7 Å². The summed E-state index contributed by atoms with van der Waals surface area (Å²) in [5.74, 6) is 6.45. The monoisotopic (exact) mass is 439 g/mol. The van der Waals surface area contributed by atoms with Crippen LogP contribution in [0.15, 0.2) is 77.7 Å². The van der Waals surface area contributed by atoms with E-state index in [2.05, 4.69) is 11.8 Å². The fourth-order valence-corrected chi connectivity index (χ4v) is 5.73. The van der Waals surface area contributed by atoms with Gasteiger partial charge in [-0.05, 0) is 36.4 Å². The van der Waals surface area contributed by atoms with Crippen molar-refractivity contribution in [2.45, 2.75) is 4.90 Å². The van der Waals surface area contributed by atoms with Gasteiger partial charge in [-0.25, -0.2) is 0 Å². The van der Waals surface area contributed by atoms with Gasteiger partial charge in [0.15, 0.2) is 0 Å². The molecule has 0 N–H and O–H groups in total. The number of anilines is 1. The van der Waals surface area contributed by atoms with Crippen LogP contribution >= 0.6 is 10.8 Å². The number of hydrogen-bond donors (Lipinski definition) is 0. The van der Waals surface area contributed by atoms with Crippen LogP contribution in [-0.2, 0) is 3.74 Å². The molecule has 1 aliphatic heterocycles. The van der Waals surface area contributed by atoms with E-state index in [0.717, 1.165) is 27.6 Å². The highest BCUT2D eigenvalue weighted by molar-refractivity contribution is 8.05. The van der Waals surface area contributed by atoms with Crippen molar-refractivity contribution in [3.8, 4) is 11.8 Å². The molecule has 7 heteroatoms. The van der Waals surface area contributed by atoms with E-state index in [9.17, 15) is 14.0 Å². The average molecular weight is 440 g/mol. The molecule has 0 saturated heterocycles. The van der Waals surface area contributed by atoms with Gasteiger partial charge in [-0.1, -0.05) is 48.2 Å². The molecule has 1 heterocycles. The highest BCUT2D eigenvalue weighted by atomic mass is 35.7. The first kappa shape index (κ1) is 20.6. The molecular weight excluding hydrogens is 422 g/mol. The van der Waals surface area contributed by atoms with E-state index in [1.165, 1.54) is 0 Å². The minimum absolute atomic E-state index is 0.621. The summed E-state index contributed by atoms with van der Waals surface area (Å²) in [5, 5.41) is 0.760. The van der Waals surface area contributed by atoms with Crippen LogP contribution in [0.4, 0.5) is 5.69 Å². The Labute approximate surface area is 179 Å². The molecule has 0 amide bonds. The molecule has 152 valence electrons. The first-order chi connectivity index (χ1) is 14.3. The molecule has 0 fully saturated rings. The summed E-state index contributed by atoms with van der Waals surface area (Å²) in [6.45, 7) is 0. The van der Waals surface area contributed by atoms with Gasteiger partial charge in [0.25, 0.3) is 0 Å². The van der Waals surface area contributed by atoms with Crippen LogP contribution in [0.25, 0.3) is 5.57 Å². The molecule has 0 bridgehead atoms. The summed E-state index contributed by atoms with van der Waals surface area (Å²) in [6, 6.07) is 22.5. The van der Waals surface area contributed by atoms with Crippen LogP contribution in [0.3, 0.4) is 0 Å². The zero-order chi connectivity index (χ0) is 21.3.